The first kappa shape index (κ1) is 5.65. The molecule has 2 aliphatic heterocycles. The Balaban J connectivity index is 2.29. The van der Waals surface area contributed by atoms with E-state index in [2.05, 4.69) is 14.9 Å². The Kier molecular flexibility index (Phi) is 1.09. The minimum absolute atomic E-state index is 0.301. The molecule has 3 heteroatoms. The molecule has 1 atom stereocenters. The van der Waals surface area contributed by atoms with E-state index < -0.39 is 0 Å². The molecule has 0 aromatic carbocycles. The predicted molar refractivity (Wildman–Crippen MR) is 41.5 cm³/mol. The van der Waals surface area contributed by atoms with Crippen LogP contribution in [0.1, 0.15) is 0 Å². The Morgan fingerprint density at radius 3 is 3.30 bits per heavy atom. The molecule has 3 nitrogen and oxygen atoms in total. The summed E-state index contributed by atoms with van der Waals surface area (Å²) in [6.07, 6.45) is 5.54. The second kappa shape index (κ2) is 1.94. The Hall–Kier alpha value is -1.12. The highest BCUT2D eigenvalue weighted by Crippen LogP contribution is 2.18. The number of aliphatic imine (C=N–C) groups is 2. The topological polar surface area (TPSA) is 28.0 Å². The van der Waals surface area contributed by atoms with Crippen LogP contribution in [0, 0.1) is 0 Å². The average molecular weight is 135 g/mol. The van der Waals surface area contributed by atoms with Crippen LogP contribution >= 0.6 is 0 Å². The lowest BCUT2D eigenvalue weighted by Gasteiger charge is -2.09. The summed E-state index contributed by atoms with van der Waals surface area (Å²) in [5.74, 6) is 0. The van der Waals surface area contributed by atoms with Crippen molar-refractivity contribution >= 4 is 12.4 Å². The van der Waals surface area contributed by atoms with Gasteiger partial charge in [0.25, 0.3) is 0 Å². The Morgan fingerprint density at radius 2 is 2.50 bits per heavy atom. The highest BCUT2D eigenvalue weighted by atomic mass is 15.2. The fraction of sp³-hybridized carbons (Fsp3) is 0.429. The molecule has 10 heavy (non-hydrogen) atoms. The van der Waals surface area contributed by atoms with Gasteiger partial charge < -0.3 is 4.90 Å². The molecule has 0 radical (unpaired) electrons. The van der Waals surface area contributed by atoms with Crippen LogP contribution < -0.4 is 0 Å². The number of fused-ring (bicyclic) bond motifs is 1. The quantitative estimate of drug-likeness (QED) is 0.469. The first-order chi connectivity index (χ1) is 4.86. The molecule has 1 unspecified atom stereocenters. The molecule has 0 amide bonds. The summed E-state index contributed by atoms with van der Waals surface area (Å²) in [5.41, 5.74) is 1.09. The summed E-state index contributed by atoms with van der Waals surface area (Å²) in [5, 5.41) is 0. The second-order valence-electron chi connectivity index (χ2n) is 2.59. The molecule has 0 saturated carbocycles. The largest absolute Gasteiger partial charge is 0.376 e. The molecule has 0 aliphatic carbocycles. The highest BCUT2D eigenvalue weighted by molar-refractivity contribution is 6.17. The maximum atomic E-state index is 4.26. The zero-order valence-electron chi connectivity index (χ0n) is 5.86. The molecular weight excluding hydrogens is 126 g/mol. The smallest absolute Gasteiger partial charge is 0.111 e. The molecule has 2 heterocycles. The van der Waals surface area contributed by atoms with Gasteiger partial charge in [0.1, 0.15) is 6.04 Å². The van der Waals surface area contributed by atoms with Gasteiger partial charge in [0, 0.05) is 32.2 Å². The second-order valence-corrected chi connectivity index (χ2v) is 2.59. The average Bonchev–Trinajstić information content (AvgIpc) is 2.27. The van der Waals surface area contributed by atoms with E-state index in [1.54, 1.807) is 12.4 Å². The molecule has 0 N–H and O–H groups in total. The van der Waals surface area contributed by atoms with Gasteiger partial charge in [-0.25, -0.2) is 0 Å². The summed E-state index contributed by atoms with van der Waals surface area (Å²) in [7, 11) is 2.04. The number of likely N-dealkylation sites (N-methyl/N-ethyl adjacent to an activating group) is 1. The lowest BCUT2D eigenvalue weighted by atomic mass is 10.2. The zero-order valence-corrected chi connectivity index (χ0v) is 5.86. The van der Waals surface area contributed by atoms with E-state index in [9.17, 15) is 0 Å². The van der Waals surface area contributed by atoms with E-state index in [1.165, 1.54) is 0 Å². The van der Waals surface area contributed by atoms with Crippen molar-refractivity contribution in [3.8, 4) is 0 Å². The minimum atomic E-state index is 0.301. The van der Waals surface area contributed by atoms with Crippen molar-refractivity contribution in [2.45, 2.75) is 6.04 Å². The van der Waals surface area contributed by atoms with Gasteiger partial charge in [0.05, 0.1) is 5.70 Å². The summed E-state index contributed by atoms with van der Waals surface area (Å²) in [6, 6.07) is 0.301. The van der Waals surface area contributed by atoms with Crippen molar-refractivity contribution in [2.75, 3.05) is 13.6 Å². The van der Waals surface area contributed by atoms with Crippen LogP contribution in [0.25, 0.3) is 0 Å². The third-order valence-electron chi connectivity index (χ3n) is 1.71. The standard InChI is InChI=1S/C7H9N3/c1-10-4-6-7(5-10)9-3-2-8-6/h2-4,7H,5H2,1H3. The summed E-state index contributed by atoms with van der Waals surface area (Å²) in [4.78, 5) is 10.6. The van der Waals surface area contributed by atoms with E-state index in [0.717, 1.165) is 12.2 Å². The first-order valence-electron chi connectivity index (χ1n) is 3.34. The fourth-order valence-corrected chi connectivity index (χ4v) is 1.24. The lowest BCUT2D eigenvalue weighted by Crippen LogP contribution is -2.17. The van der Waals surface area contributed by atoms with Crippen LogP contribution in [-0.2, 0) is 0 Å². The minimum Gasteiger partial charge on any atom is -0.376 e. The maximum absolute atomic E-state index is 4.26. The number of rotatable bonds is 0. The Bertz CT molecular complexity index is 227. The van der Waals surface area contributed by atoms with Crippen LogP contribution in [0.5, 0.6) is 0 Å². The van der Waals surface area contributed by atoms with Crippen molar-refractivity contribution < 1.29 is 0 Å². The predicted octanol–water partition coefficient (Wildman–Crippen LogP) is 0.297. The molecule has 0 bridgehead atoms. The highest BCUT2D eigenvalue weighted by Gasteiger charge is 2.21. The van der Waals surface area contributed by atoms with Crippen LogP contribution in [0.15, 0.2) is 21.9 Å². The van der Waals surface area contributed by atoms with Gasteiger partial charge >= 0.3 is 0 Å². The van der Waals surface area contributed by atoms with Gasteiger partial charge in [-0.2, -0.15) is 0 Å². The third kappa shape index (κ3) is 0.744. The van der Waals surface area contributed by atoms with Crippen molar-refractivity contribution in [3.63, 3.8) is 0 Å². The molecule has 0 aromatic rings. The summed E-state index contributed by atoms with van der Waals surface area (Å²) < 4.78 is 0. The van der Waals surface area contributed by atoms with Gasteiger partial charge in [0.2, 0.25) is 0 Å². The molecule has 2 aliphatic rings. The Labute approximate surface area is 59.8 Å². The van der Waals surface area contributed by atoms with Crippen LogP contribution in [0.3, 0.4) is 0 Å². The van der Waals surface area contributed by atoms with Crippen LogP contribution in [0.4, 0.5) is 0 Å². The SMILES string of the molecule is CN1C=C2N=CC=NC2C1. The van der Waals surface area contributed by atoms with Gasteiger partial charge in [-0.15, -0.1) is 0 Å². The Morgan fingerprint density at radius 1 is 1.60 bits per heavy atom. The van der Waals surface area contributed by atoms with Gasteiger partial charge in [0.15, 0.2) is 0 Å². The van der Waals surface area contributed by atoms with E-state index in [4.69, 9.17) is 0 Å². The molecule has 0 aromatic heterocycles. The fourth-order valence-electron chi connectivity index (χ4n) is 1.24. The summed E-state index contributed by atoms with van der Waals surface area (Å²) >= 11 is 0. The molecule has 0 fully saturated rings. The van der Waals surface area contributed by atoms with E-state index in [0.29, 0.717) is 6.04 Å². The first-order valence-corrected chi connectivity index (χ1v) is 3.34. The monoisotopic (exact) mass is 135 g/mol. The van der Waals surface area contributed by atoms with Crippen LogP contribution in [-0.4, -0.2) is 37.0 Å². The molecule has 0 saturated heterocycles. The maximum Gasteiger partial charge on any atom is 0.111 e. The molecular formula is C7H9N3. The number of hydrogen-bond acceptors (Lipinski definition) is 3. The van der Waals surface area contributed by atoms with Crippen molar-refractivity contribution in [2.24, 2.45) is 9.98 Å². The van der Waals surface area contributed by atoms with Crippen molar-refractivity contribution in [3.05, 3.63) is 11.9 Å². The summed E-state index contributed by atoms with van der Waals surface area (Å²) in [6.45, 7) is 0.975. The van der Waals surface area contributed by atoms with Crippen molar-refractivity contribution in [1.82, 2.24) is 4.90 Å². The zero-order chi connectivity index (χ0) is 6.97. The molecule has 0 spiro atoms. The third-order valence-corrected chi connectivity index (χ3v) is 1.71. The van der Waals surface area contributed by atoms with E-state index in [-0.39, 0.29) is 0 Å². The van der Waals surface area contributed by atoms with E-state index in [1.807, 2.05) is 13.2 Å². The normalized spacial score (nSPS) is 28.7. The van der Waals surface area contributed by atoms with E-state index >= 15 is 0 Å². The molecule has 2 rings (SSSR count). The molecule has 52 valence electrons. The number of hydrogen-bond donors (Lipinski definition) is 0. The number of nitrogens with zero attached hydrogens (tertiary/aromatic N) is 3. The van der Waals surface area contributed by atoms with Crippen molar-refractivity contribution in [1.29, 1.82) is 0 Å². The lowest BCUT2D eigenvalue weighted by molar-refractivity contribution is 0.474. The van der Waals surface area contributed by atoms with Gasteiger partial charge in [-0.3, -0.25) is 9.98 Å². The van der Waals surface area contributed by atoms with Gasteiger partial charge in [-0.1, -0.05) is 0 Å². The van der Waals surface area contributed by atoms with Crippen LogP contribution in [0.2, 0.25) is 0 Å². The van der Waals surface area contributed by atoms with Gasteiger partial charge in [-0.05, 0) is 0 Å².